The standard InChI is InChI=1S/C4H8N2/c1-4-2-3-5-6-4/h2-6H,1H3/t4-/m0/s1. The van der Waals surface area contributed by atoms with Crippen LogP contribution >= 0.6 is 0 Å². The van der Waals surface area contributed by atoms with Gasteiger partial charge in [0.05, 0.1) is 0 Å². The summed E-state index contributed by atoms with van der Waals surface area (Å²) < 4.78 is 0. The molecule has 1 rings (SSSR count). The Morgan fingerprint density at radius 1 is 1.67 bits per heavy atom. The topological polar surface area (TPSA) is 24.1 Å². The Hall–Kier alpha value is -0.500. The second-order valence-corrected chi connectivity index (χ2v) is 1.44. The van der Waals surface area contributed by atoms with Crippen LogP contribution in [0.2, 0.25) is 0 Å². The van der Waals surface area contributed by atoms with Crippen LogP contribution in [0, 0.1) is 0 Å². The van der Waals surface area contributed by atoms with Gasteiger partial charge < -0.3 is 5.43 Å². The first-order valence-corrected chi connectivity index (χ1v) is 2.07. The lowest BCUT2D eigenvalue weighted by atomic mass is 10.4. The molecule has 1 aliphatic heterocycles. The highest BCUT2D eigenvalue weighted by atomic mass is 15.4. The van der Waals surface area contributed by atoms with Crippen molar-refractivity contribution in [3.8, 4) is 0 Å². The van der Waals surface area contributed by atoms with Gasteiger partial charge in [0.1, 0.15) is 0 Å². The molecule has 0 aromatic rings. The van der Waals surface area contributed by atoms with Crippen LogP contribution < -0.4 is 10.9 Å². The van der Waals surface area contributed by atoms with Gasteiger partial charge in [-0.05, 0) is 13.0 Å². The molecular weight excluding hydrogens is 76.1 g/mol. The highest BCUT2D eigenvalue weighted by Crippen LogP contribution is 1.84. The van der Waals surface area contributed by atoms with Crippen molar-refractivity contribution in [2.24, 2.45) is 0 Å². The van der Waals surface area contributed by atoms with Gasteiger partial charge in [0.2, 0.25) is 0 Å². The summed E-state index contributed by atoms with van der Waals surface area (Å²) in [5.74, 6) is 0. The number of nitrogens with one attached hydrogen (secondary N) is 2. The van der Waals surface area contributed by atoms with Crippen molar-refractivity contribution in [1.29, 1.82) is 0 Å². The van der Waals surface area contributed by atoms with Gasteiger partial charge in [0.25, 0.3) is 0 Å². The average Bonchev–Trinajstić information content (AvgIpc) is 1.86. The molecule has 0 unspecified atom stereocenters. The Kier molecular flexibility index (Phi) is 0.801. The highest BCUT2D eigenvalue weighted by Gasteiger charge is 1.95. The van der Waals surface area contributed by atoms with Crippen LogP contribution in [0.1, 0.15) is 6.92 Å². The zero-order chi connectivity index (χ0) is 4.41. The van der Waals surface area contributed by atoms with E-state index in [1.165, 1.54) is 0 Å². The van der Waals surface area contributed by atoms with Crippen molar-refractivity contribution in [2.75, 3.05) is 0 Å². The summed E-state index contributed by atoms with van der Waals surface area (Å²) in [6.45, 7) is 2.08. The minimum absolute atomic E-state index is 0.505. The summed E-state index contributed by atoms with van der Waals surface area (Å²) in [7, 11) is 0. The molecule has 2 N–H and O–H groups in total. The lowest BCUT2D eigenvalue weighted by Gasteiger charge is -1.95. The molecule has 0 spiro atoms. The smallest absolute Gasteiger partial charge is 0.0429 e. The van der Waals surface area contributed by atoms with Crippen LogP contribution in [0.25, 0.3) is 0 Å². The minimum Gasteiger partial charge on any atom is -0.328 e. The predicted molar refractivity (Wildman–Crippen MR) is 24.9 cm³/mol. The largest absolute Gasteiger partial charge is 0.328 e. The molecule has 1 atom stereocenters. The van der Waals surface area contributed by atoms with Crippen LogP contribution in [-0.4, -0.2) is 6.04 Å². The van der Waals surface area contributed by atoms with E-state index in [1.54, 1.807) is 0 Å². The second kappa shape index (κ2) is 1.30. The van der Waals surface area contributed by atoms with Crippen molar-refractivity contribution in [2.45, 2.75) is 13.0 Å². The fraction of sp³-hybridized carbons (Fsp3) is 0.500. The molecule has 0 fully saturated rings. The minimum atomic E-state index is 0.505. The third kappa shape index (κ3) is 0.518. The van der Waals surface area contributed by atoms with E-state index in [4.69, 9.17) is 0 Å². The Balaban J connectivity index is 2.38. The summed E-state index contributed by atoms with van der Waals surface area (Å²) >= 11 is 0. The van der Waals surface area contributed by atoms with Crippen LogP contribution in [0.15, 0.2) is 12.3 Å². The molecular formula is C4H8N2. The number of rotatable bonds is 0. The molecule has 0 aromatic carbocycles. The molecule has 2 nitrogen and oxygen atoms in total. The van der Waals surface area contributed by atoms with Crippen molar-refractivity contribution < 1.29 is 0 Å². The van der Waals surface area contributed by atoms with Gasteiger partial charge >= 0.3 is 0 Å². The average molecular weight is 84.1 g/mol. The van der Waals surface area contributed by atoms with E-state index in [-0.39, 0.29) is 0 Å². The van der Waals surface area contributed by atoms with E-state index in [1.807, 2.05) is 6.20 Å². The van der Waals surface area contributed by atoms with Crippen LogP contribution in [0.5, 0.6) is 0 Å². The summed E-state index contributed by atoms with van der Waals surface area (Å²) in [5, 5.41) is 0. The van der Waals surface area contributed by atoms with E-state index in [0.29, 0.717) is 6.04 Å². The zero-order valence-electron chi connectivity index (χ0n) is 3.73. The molecule has 0 bridgehead atoms. The SMILES string of the molecule is C[C@H]1C=CNN1. The Morgan fingerprint density at radius 2 is 2.50 bits per heavy atom. The molecule has 0 saturated carbocycles. The Bertz CT molecular complexity index is 67.9. The molecule has 34 valence electrons. The molecule has 0 aromatic heterocycles. The molecule has 2 heteroatoms. The third-order valence-corrected chi connectivity index (χ3v) is 0.779. The van der Waals surface area contributed by atoms with Gasteiger partial charge in [0, 0.05) is 12.2 Å². The first-order chi connectivity index (χ1) is 2.89. The van der Waals surface area contributed by atoms with Crippen molar-refractivity contribution in [1.82, 2.24) is 10.9 Å². The van der Waals surface area contributed by atoms with E-state index >= 15 is 0 Å². The maximum absolute atomic E-state index is 2.96. The van der Waals surface area contributed by atoms with Gasteiger partial charge in [-0.3, -0.25) is 0 Å². The van der Waals surface area contributed by atoms with Gasteiger partial charge in [-0.1, -0.05) is 0 Å². The summed E-state index contributed by atoms with van der Waals surface area (Å²) in [6.07, 6.45) is 3.95. The lowest BCUT2D eigenvalue weighted by Crippen LogP contribution is -2.27. The lowest BCUT2D eigenvalue weighted by molar-refractivity contribution is 0.621. The molecule has 0 saturated heterocycles. The maximum atomic E-state index is 2.96. The molecule has 0 aliphatic carbocycles. The Morgan fingerprint density at radius 3 is 2.67 bits per heavy atom. The highest BCUT2D eigenvalue weighted by molar-refractivity contribution is 4.93. The van der Waals surface area contributed by atoms with E-state index < -0.39 is 0 Å². The van der Waals surface area contributed by atoms with Gasteiger partial charge in [-0.25, -0.2) is 5.43 Å². The summed E-state index contributed by atoms with van der Waals surface area (Å²) in [4.78, 5) is 0. The predicted octanol–water partition coefficient (Wildman–Crippen LogP) is -0.00360. The van der Waals surface area contributed by atoms with Crippen LogP contribution in [0.3, 0.4) is 0 Å². The summed E-state index contributed by atoms with van der Waals surface area (Å²) in [6, 6.07) is 0.505. The van der Waals surface area contributed by atoms with E-state index in [9.17, 15) is 0 Å². The van der Waals surface area contributed by atoms with E-state index in [0.717, 1.165) is 0 Å². The number of hydrogen-bond donors (Lipinski definition) is 2. The number of hydrazine groups is 1. The molecule has 6 heavy (non-hydrogen) atoms. The van der Waals surface area contributed by atoms with Gasteiger partial charge in [-0.15, -0.1) is 0 Å². The monoisotopic (exact) mass is 84.1 g/mol. The Labute approximate surface area is 37.2 Å². The first-order valence-electron chi connectivity index (χ1n) is 2.07. The van der Waals surface area contributed by atoms with Gasteiger partial charge in [0.15, 0.2) is 0 Å². The quantitative estimate of drug-likeness (QED) is 0.431. The zero-order valence-corrected chi connectivity index (χ0v) is 3.73. The second-order valence-electron chi connectivity index (χ2n) is 1.44. The molecule has 0 radical (unpaired) electrons. The van der Waals surface area contributed by atoms with Gasteiger partial charge in [-0.2, -0.15) is 0 Å². The number of hydrogen-bond acceptors (Lipinski definition) is 2. The maximum Gasteiger partial charge on any atom is 0.0429 e. The summed E-state index contributed by atoms with van der Waals surface area (Å²) in [5.41, 5.74) is 5.80. The molecule has 1 aliphatic rings. The molecule has 0 amide bonds. The third-order valence-electron chi connectivity index (χ3n) is 0.779. The van der Waals surface area contributed by atoms with Crippen LogP contribution in [-0.2, 0) is 0 Å². The normalized spacial score (nSPS) is 30.5. The molecule has 1 heterocycles. The van der Waals surface area contributed by atoms with Crippen molar-refractivity contribution in [3.05, 3.63) is 12.3 Å². The van der Waals surface area contributed by atoms with E-state index in [2.05, 4.69) is 23.9 Å². The first kappa shape index (κ1) is 3.68. The fourth-order valence-electron chi connectivity index (χ4n) is 0.420. The fourth-order valence-corrected chi connectivity index (χ4v) is 0.420. The van der Waals surface area contributed by atoms with Crippen molar-refractivity contribution >= 4 is 0 Å². The van der Waals surface area contributed by atoms with Crippen molar-refractivity contribution in [3.63, 3.8) is 0 Å². The van der Waals surface area contributed by atoms with Crippen LogP contribution in [0.4, 0.5) is 0 Å².